The first-order chi connectivity index (χ1) is 16.5. The molecule has 0 aromatic heterocycles. The Labute approximate surface area is 207 Å². The predicted octanol–water partition coefficient (Wildman–Crippen LogP) is 4.72. The Bertz CT molecular complexity index is 758. The Balaban J connectivity index is 1.67. The Morgan fingerprint density at radius 1 is 1.24 bits per heavy atom. The number of amides is 1. The number of likely N-dealkylation sites (tertiary alicyclic amines) is 1. The molecular weight excluding hydrogens is 424 g/mol. The minimum absolute atomic E-state index is 0.141. The van der Waals surface area contributed by atoms with Crippen molar-refractivity contribution in [2.75, 3.05) is 33.2 Å². The van der Waals surface area contributed by atoms with Gasteiger partial charge in [0, 0.05) is 55.7 Å². The van der Waals surface area contributed by atoms with Gasteiger partial charge >= 0.3 is 0 Å². The standard InChI is InChI=1S/C28H46N4O2/c1-4-5-19-32(24(2)13-14-25-10-7-6-8-11-25)28(27(33)29-3)16-21-30(22-17-28)23-26-12-9-18-31(34)20-15-26/h9,12,15,18,20,25-26H,2,4-8,10-11,13-14,16-17,19,21-23H2,1,3H3,(H-,29,33,34)/p+1. The van der Waals surface area contributed by atoms with Gasteiger partial charge in [-0.3, -0.25) is 10.0 Å². The summed E-state index contributed by atoms with van der Waals surface area (Å²) in [5.74, 6) is 1.22. The SMILES string of the molecule is C=C(CCC1CCCCC1)N(CCCC)C1(C(=O)NC)CCN(CC2C=CC=[N+](O)C=C2)CC1. The van der Waals surface area contributed by atoms with E-state index in [9.17, 15) is 10.0 Å². The first kappa shape index (κ1) is 26.5. The highest BCUT2D eigenvalue weighted by molar-refractivity contribution is 5.86. The second-order valence-electron chi connectivity index (χ2n) is 10.4. The zero-order valence-electron chi connectivity index (χ0n) is 21.6. The molecule has 1 atom stereocenters. The number of likely N-dealkylation sites (N-methyl/N-ethyl adjacent to an activating group) is 1. The van der Waals surface area contributed by atoms with Gasteiger partial charge in [0.05, 0.1) is 0 Å². The van der Waals surface area contributed by atoms with E-state index in [0.29, 0.717) is 0 Å². The minimum atomic E-state index is -0.505. The highest BCUT2D eigenvalue weighted by atomic mass is 16.5. The lowest BCUT2D eigenvalue weighted by Gasteiger charge is -2.49. The second kappa shape index (κ2) is 13.1. The molecule has 2 fully saturated rings. The first-order valence-corrected chi connectivity index (χ1v) is 13.6. The maximum Gasteiger partial charge on any atom is 0.245 e. The van der Waals surface area contributed by atoms with Gasteiger partial charge in [-0.1, -0.05) is 58.1 Å². The Morgan fingerprint density at radius 2 is 1.97 bits per heavy atom. The molecule has 0 spiro atoms. The van der Waals surface area contributed by atoms with Gasteiger partial charge in [-0.15, -0.1) is 0 Å². The van der Waals surface area contributed by atoms with Gasteiger partial charge in [-0.2, -0.15) is 0 Å². The summed E-state index contributed by atoms with van der Waals surface area (Å²) in [6.45, 7) is 10.3. The molecule has 2 aliphatic heterocycles. The number of carbonyl (C=O) groups excluding carboxylic acids is 1. The van der Waals surface area contributed by atoms with Crippen LogP contribution in [-0.4, -0.2) is 70.6 Å². The van der Waals surface area contributed by atoms with Crippen molar-refractivity contribution in [3.63, 3.8) is 0 Å². The summed E-state index contributed by atoms with van der Waals surface area (Å²) >= 11 is 0. The monoisotopic (exact) mass is 471 g/mol. The second-order valence-corrected chi connectivity index (χ2v) is 10.4. The normalized spacial score (nSPS) is 23.2. The lowest BCUT2D eigenvalue weighted by molar-refractivity contribution is -0.721. The zero-order chi connectivity index (χ0) is 24.4. The summed E-state index contributed by atoms with van der Waals surface area (Å²) in [5, 5.41) is 12.7. The molecule has 1 saturated heterocycles. The smallest absolute Gasteiger partial charge is 0.245 e. The molecule has 1 unspecified atom stereocenters. The molecule has 6 heteroatoms. The van der Waals surface area contributed by atoms with Crippen LogP contribution in [0.3, 0.4) is 0 Å². The maximum absolute atomic E-state index is 13.4. The number of hydroxylamine groups is 1. The molecule has 0 aromatic rings. The van der Waals surface area contributed by atoms with Crippen molar-refractivity contribution < 1.29 is 14.7 Å². The van der Waals surface area contributed by atoms with Crippen molar-refractivity contribution in [1.29, 1.82) is 0 Å². The molecule has 2 N–H and O–H groups in total. The van der Waals surface area contributed by atoms with Crippen molar-refractivity contribution in [3.8, 4) is 0 Å². The molecule has 3 aliphatic rings. The van der Waals surface area contributed by atoms with Crippen LogP contribution in [0.5, 0.6) is 0 Å². The van der Waals surface area contributed by atoms with Gasteiger partial charge in [0.15, 0.2) is 0 Å². The zero-order valence-corrected chi connectivity index (χ0v) is 21.6. The number of nitrogens with zero attached hydrogens (tertiary/aromatic N) is 3. The lowest BCUT2D eigenvalue weighted by atomic mass is 9.82. The largest absolute Gasteiger partial charge is 0.361 e. The molecule has 1 amide bonds. The number of unbranched alkanes of at least 4 members (excludes halogenated alkanes) is 1. The van der Waals surface area contributed by atoms with Gasteiger partial charge in [-0.25, -0.2) is 0 Å². The molecule has 2 heterocycles. The summed E-state index contributed by atoms with van der Waals surface area (Å²) in [7, 11) is 1.78. The van der Waals surface area contributed by atoms with Crippen molar-refractivity contribution in [2.24, 2.45) is 11.8 Å². The molecule has 0 radical (unpaired) electrons. The Kier molecular flexibility index (Phi) is 10.2. The van der Waals surface area contributed by atoms with E-state index in [1.165, 1.54) is 38.5 Å². The quantitative estimate of drug-likeness (QED) is 0.338. The molecule has 1 saturated carbocycles. The Morgan fingerprint density at radius 3 is 2.65 bits per heavy atom. The van der Waals surface area contributed by atoms with Crippen molar-refractivity contribution >= 4 is 12.1 Å². The molecule has 3 rings (SSSR count). The van der Waals surface area contributed by atoms with Crippen molar-refractivity contribution in [1.82, 2.24) is 15.1 Å². The molecule has 6 nitrogen and oxygen atoms in total. The third-order valence-corrected chi connectivity index (χ3v) is 8.08. The van der Waals surface area contributed by atoms with Crippen LogP contribution >= 0.6 is 0 Å². The van der Waals surface area contributed by atoms with Gasteiger partial charge in [0.1, 0.15) is 5.54 Å². The van der Waals surface area contributed by atoms with E-state index < -0.39 is 5.54 Å². The number of carbonyl (C=O) groups is 1. The number of allylic oxidation sites excluding steroid dienone is 2. The summed E-state index contributed by atoms with van der Waals surface area (Å²) in [5.41, 5.74) is 0.652. The summed E-state index contributed by atoms with van der Waals surface area (Å²) < 4.78 is 1.09. The van der Waals surface area contributed by atoms with Crippen molar-refractivity contribution in [3.05, 3.63) is 36.7 Å². The molecule has 0 bridgehead atoms. The van der Waals surface area contributed by atoms with E-state index in [0.717, 1.165) is 74.6 Å². The summed E-state index contributed by atoms with van der Waals surface area (Å²) in [6, 6.07) is 0. The van der Waals surface area contributed by atoms with Crippen molar-refractivity contribution in [2.45, 2.75) is 83.1 Å². The van der Waals surface area contributed by atoms with Crippen LogP contribution in [0, 0.1) is 11.8 Å². The molecule has 34 heavy (non-hydrogen) atoms. The fourth-order valence-corrected chi connectivity index (χ4v) is 5.94. The fraction of sp³-hybridized carbons (Fsp3) is 0.714. The highest BCUT2D eigenvalue weighted by Gasteiger charge is 2.46. The summed E-state index contributed by atoms with van der Waals surface area (Å²) in [6.07, 6.45) is 22.3. The van der Waals surface area contributed by atoms with E-state index in [2.05, 4.69) is 34.7 Å². The van der Waals surface area contributed by atoms with Gasteiger partial charge < -0.3 is 15.1 Å². The van der Waals surface area contributed by atoms with Crippen LogP contribution in [0.2, 0.25) is 0 Å². The van der Waals surface area contributed by atoms with E-state index in [1.807, 2.05) is 12.2 Å². The molecule has 0 aromatic carbocycles. The molecule has 1 aliphatic carbocycles. The van der Waals surface area contributed by atoms with Gasteiger partial charge in [0.2, 0.25) is 18.3 Å². The lowest BCUT2D eigenvalue weighted by Crippen LogP contribution is -2.62. The van der Waals surface area contributed by atoms with E-state index in [-0.39, 0.29) is 11.8 Å². The van der Waals surface area contributed by atoms with Gasteiger partial charge in [0.25, 0.3) is 0 Å². The van der Waals surface area contributed by atoms with E-state index in [4.69, 9.17) is 0 Å². The van der Waals surface area contributed by atoms with Crippen LogP contribution in [-0.2, 0) is 4.79 Å². The minimum Gasteiger partial charge on any atom is -0.361 e. The molecule has 190 valence electrons. The number of piperidine rings is 1. The van der Waals surface area contributed by atoms with E-state index >= 15 is 0 Å². The number of nitrogens with one attached hydrogen (secondary N) is 1. The van der Waals surface area contributed by atoms with Crippen LogP contribution < -0.4 is 5.32 Å². The third-order valence-electron chi connectivity index (χ3n) is 8.08. The molecular formula is C28H47N4O2+. The van der Waals surface area contributed by atoms with Crippen LogP contribution in [0.1, 0.15) is 77.6 Å². The first-order valence-electron chi connectivity index (χ1n) is 13.6. The number of hydrogen-bond acceptors (Lipinski definition) is 4. The van der Waals surface area contributed by atoms with Crippen LogP contribution in [0.4, 0.5) is 0 Å². The Hall–Kier alpha value is -2.08. The fourth-order valence-electron chi connectivity index (χ4n) is 5.94. The van der Waals surface area contributed by atoms with Crippen LogP contribution in [0.25, 0.3) is 0 Å². The third kappa shape index (κ3) is 6.97. The average molecular weight is 472 g/mol. The average Bonchev–Trinajstić information content (AvgIpc) is 3.07. The highest BCUT2D eigenvalue weighted by Crippen LogP contribution is 2.36. The topological polar surface area (TPSA) is 58.8 Å². The predicted molar refractivity (Wildman–Crippen MR) is 139 cm³/mol. The van der Waals surface area contributed by atoms with E-state index in [1.54, 1.807) is 19.5 Å². The maximum atomic E-state index is 13.4. The summed E-state index contributed by atoms with van der Waals surface area (Å²) in [4.78, 5) is 18.3. The number of hydrogen-bond donors (Lipinski definition) is 2. The van der Waals surface area contributed by atoms with Crippen LogP contribution in [0.15, 0.2) is 36.7 Å². The van der Waals surface area contributed by atoms with Gasteiger partial charge in [-0.05, 0) is 44.1 Å². The number of rotatable bonds is 11.